The van der Waals surface area contributed by atoms with Gasteiger partial charge in [0.1, 0.15) is 13.2 Å². The Balaban J connectivity index is 1.45. The zero-order chi connectivity index (χ0) is 21.2. The monoisotopic (exact) mass is 419 g/mol. The van der Waals surface area contributed by atoms with Crippen LogP contribution in [0.2, 0.25) is 0 Å². The molecule has 31 heavy (non-hydrogen) atoms. The molecular weight excluding hydrogens is 390 g/mol. The van der Waals surface area contributed by atoms with E-state index < -0.39 is 0 Å². The van der Waals surface area contributed by atoms with Crippen molar-refractivity contribution in [2.75, 3.05) is 39.4 Å². The van der Waals surface area contributed by atoms with Crippen molar-refractivity contribution < 1.29 is 14.3 Å². The summed E-state index contributed by atoms with van der Waals surface area (Å²) in [5, 5.41) is 3.44. The molecule has 4 aliphatic rings. The molecular formula is C25H29N3O3. The molecule has 162 valence electrons. The lowest BCUT2D eigenvalue weighted by atomic mass is 9.89. The van der Waals surface area contributed by atoms with Crippen molar-refractivity contribution in [1.82, 2.24) is 15.1 Å². The van der Waals surface area contributed by atoms with Crippen LogP contribution in [-0.2, 0) is 4.79 Å². The van der Waals surface area contributed by atoms with Gasteiger partial charge in [-0.2, -0.15) is 0 Å². The highest BCUT2D eigenvalue weighted by atomic mass is 16.6. The summed E-state index contributed by atoms with van der Waals surface area (Å²) < 4.78 is 11.4. The van der Waals surface area contributed by atoms with Crippen molar-refractivity contribution in [3.8, 4) is 11.5 Å². The fraction of sp³-hybridized carbons (Fsp3) is 0.400. The number of benzene rings is 1. The van der Waals surface area contributed by atoms with E-state index in [-0.39, 0.29) is 11.8 Å². The molecule has 0 bridgehead atoms. The Morgan fingerprint density at radius 3 is 2.77 bits per heavy atom. The summed E-state index contributed by atoms with van der Waals surface area (Å²) in [6, 6.07) is 5.96. The lowest BCUT2D eigenvalue weighted by Gasteiger charge is -2.31. The van der Waals surface area contributed by atoms with Gasteiger partial charge in [-0.3, -0.25) is 9.69 Å². The minimum absolute atomic E-state index is 0.0162. The number of nitrogens with zero attached hydrogens (tertiary/aromatic N) is 2. The summed E-state index contributed by atoms with van der Waals surface area (Å²) in [5.41, 5.74) is 4.08. The van der Waals surface area contributed by atoms with E-state index in [2.05, 4.69) is 35.4 Å². The van der Waals surface area contributed by atoms with E-state index in [9.17, 15) is 4.79 Å². The molecule has 4 heterocycles. The van der Waals surface area contributed by atoms with E-state index in [1.54, 1.807) is 11.0 Å². The molecule has 1 aromatic rings. The molecule has 1 saturated heterocycles. The molecule has 6 heteroatoms. The highest BCUT2D eigenvalue weighted by Gasteiger charge is 2.25. The molecule has 0 aliphatic carbocycles. The number of nitrogens with one attached hydrogen (secondary N) is 1. The van der Waals surface area contributed by atoms with Crippen molar-refractivity contribution in [1.29, 1.82) is 0 Å². The number of carbonyl (C=O) groups is 1. The molecule has 1 amide bonds. The van der Waals surface area contributed by atoms with Gasteiger partial charge in [0.05, 0.1) is 5.70 Å². The first kappa shape index (κ1) is 19.9. The molecule has 1 N–H and O–H groups in total. The number of allylic oxidation sites excluding steroid dienone is 4. The average molecular weight is 420 g/mol. The second kappa shape index (κ2) is 8.63. The molecule has 6 nitrogen and oxygen atoms in total. The maximum Gasteiger partial charge on any atom is 0.255 e. The van der Waals surface area contributed by atoms with E-state index in [4.69, 9.17) is 9.47 Å². The van der Waals surface area contributed by atoms with Crippen LogP contribution in [0.1, 0.15) is 25.3 Å². The van der Waals surface area contributed by atoms with Gasteiger partial charge in [0, 0.05) is 37.6 Å². The first-order valence-electron chi connectivity index (χ1n) is 11.2. The normalized spacial score (nSPS) is 23.7. The summed E-state index contributed by atoms with van der Waals surface area (Å²) >= 11 is 0. The van der Waals surface area contributed by atoms with E-state index >= 15 is 0 Å². The lowest BCUT2D eigenvalue weighted by molar-refractivity contribution is -0.122. The zero-order valence-electron chi connectivity index (χ0n) is 18.0. The number of rotatable bonds is 2. The van der Waals surface area contributed by atoms with Crippen molar-refractivity contribution >= 4 is 11.5 Å². The Bertz CT molecular complexity index is 984. The summed E-state index contributed by atoms with van der Waals surface area (Å²) in [6.07, 6.45) is 12.1. The van der Waals surface area contributed by atoms with Crippen LogP contribution in [0.5, 0.6) is 11.5 Å². The van der Waals surface area contributed by atoms with Crippen LogP contribution < -0.4 is 14.8 Å². The van der Waals surface area contributed by atoms with Gasteiger partial charge < -0.3 is 19.7 Å². The van der Waals surface area contributed by atoms with Crippen LogP contribution in [0.4, 0.5) is 0 Å². The quantitative estimate of drug-likeness (QED) is 0.797. The Morgan fingerprint density at radius 1 is 1.03 bits per heavy atom. The third-order valence-corrected chi connectivity index (χ3v) is 6.27. The van der Waals surface area contributed by atoms with Crippen LogP contribution in [0.15, 0.2) is 60.1 Å². The van der Waals surface area contributed by atoms with Crippen LogP contribution in [0, 0.1) is 5.92 Å². The third kappa shape index (κ3) is 4.12. The lowest BCUT2D eigenvalue weighted by Crippen LogP contribution is -2.32. The van der Waals surface area contributed by atoms with Gasteiger partial charge in [-0.1, -0.05) is 19.1 Å². The average Bonchev–Trinajstić information content (AvgIpc) is 3.09. The fourth-order valence-electron chi connectivity index (χ4n) is 4.51. The van der Waals surface area contributed by atoms with Crippen LogP contribution in [-0.4, -0.2) is 55.1 Å². The SMILES string of the molecule is CC1CC=C2C=CC(N3CCCNCC3)=CN2C(=O)C=C1c1ccc2c(c1)OCCO2. The molecule has 5 rings (SSSR count). The molecule has 1 unspecified atom stereocenters. The number of fused-ring (bicyclic) bond motifs is 2. The van der Waals surface area contributed by atoms with Crippen molar-refractivity contribution in [2.24, 2.45) is 5.92 Å². The number of ether oxygens (including phenoxy) is 2. The first-order valence-corrected chi connectivity index (χ1v) is 11.2. The minimum atomic E-state index is -0.0162. The number of hydrogen-bond donors (Lipinski definition) is 1. The molecule has 0 spiro atoms. The molecule has 0 radical (unpaired) electrons. The highest BCUT2D eigenvalue weighted by Crippen LogP contribution is 2.37. The molecule has 0 aromatic heterocycles. The van der Waals surface area contributed by atoms with E-state index in [0.29, 0.717) is 13.2 Å². The molecule has 1 atom stereocenters. The Kier molecular flexibility index (Phi) is 5.55. The summed E-state index contributed by atoms with van der Waals surface area (Å²) in [5.74, 6) is 1.72. The summed E-state index contributed by atoms with van der Waals surface area (Å²) in [7, 11) is 0. The third-order valence-electron chi connectivity index (χ3n) is 6.27. The van der Waals surface area contributed by atoms with Crippen molar-refractivity contribution in [3.63, 3.8) is 0 Å². The second-order valence-corrected chi connectivity index (χ2v) is 8.41. The number of amides is 1. The van der Waals surface area contributed by atoms with Gasteiger partial charge in [-0.15, -0.1) is 0 Å². The Labute approximate surface area is 183 Å². The largest absolute Gasteiger partial charge is 0.486 e. The zero-order valence-corrected chi connectivity index (χ0v) is 18.0. The van der Waals surface area contributed by atoms with Gasteiger partial charge in [0.25, 0.3) is 5.91 Å². The topological polar surface area (TPSA) is 54.0 Å². The van der Waals surface area contributed by atoms with Crippen molar-refractivity contribution in [3.05, 3.63) is 65.7 Å². The number of carbonyl (C=O) groups excluding carboxylic acids is 1. The van der Waals surface area contributed by atoms with Crippen LogP contribution >= 0.6 is 0 Å². The Morgan fingerprint density at radius 2 is 1.87 bits per heavy atom. The highest BCUT2D eigenvalue weighted by molar-refractivity contribution is 5.98. The van der Waals surface area contributed by atoms with Gasteiger partial charge in [0.15, 0.2) is 11.5 Å². The first-order chi connectivity index (χ1) is 15.2. The predicted octanol–water partition coefficient (Wildman–Crippen LogP) is 3.30. The maximum absolute atomic E-state index is 13.4. The molecule has 1 aromatic carbocycles. The van der Waals surface area contributed by atoms with E-state index in [1.165, 1.54) is 0 Å². The smallest absolute Gasteiger partial charge is 0.255 e. The standard InChI is InChI=1S/C25H29N3O3/c1-18-3-5-20-6-7-21(27-11-2-9-26-10-12-27)17-28(20)25(29)16-22(18)19-4-8-23-24(15-19)31-14-13-30-23/h4-8,15-18,26H,2-3,9-14H2,1H3. The minimum Gasteiger partial charge on any atom is -0.486 e. The molecule has 1 fully saturated rings. The van der Waals surface area contributed by atoms with Gasteiger partial charge in [-0.05, 0) is 60.7 Å². The van der Waals surface area contributed by atoms with Crippen molar-refractivity contribution in [2.45, 2.75) is 19.8 Å². The summed E-state index contributed by atoms with van der Waals surface area (Å²) in [6.45, 7) is 7.25. The van der Waals surface area contributed by atoms with Gasteiger partial charge in [0.2, 0.25) is 0 Å². The van der Waals surface area contributed by atoms with Crippen LogP contribution in [0.3, 0.4) is 0 Å². The van der Waals surface area contributed by atoms with E-state index in [0.717, 1.165) is 73.1 Å². The van der Waals surface area contributed by atoms with Crippen LogP contribution in [0.25, 0.3) is 5.57 Å². The van der Waals surface area contributed by atoms with Gasteiger partial charge >= 0.3 is 0 Å². The molecule has 0 saturated carbocycles. The molecule has 4 aliphatic heterocycles. The van der Waals surface area contributed by atoms with Gasteiger partial charge in [-0.25, -0.2) is 0 Å². The Hall–Kier alpha value is -2.99. The summed E-state index contributed by atoms with van der Waals surface area (Å²) in [4.78, 5) is 17.5. The fourth-order valence-corrected chi connectivity index (χ4v) is 4.51. The van der Waals surface area contributed by atoms with E-state index in [1.807, 2.05) is 24.4 Å². The maximum atomic E-state index is 13.4. The number of hydrogen-bond acceptors (Lipinski definition) is 5. The predicted molar refractivity (Wildman–Crippen MR) is 120 cm³/mol. The second-order valence-electron chi connectivity index (χ2n) is 8.41.